The van der Waals surface area contributed by atoms with E-state index in [2.05, 4.69) is 38.2 Å². The summed E-state index contributed by atoms with van der Waals surface area (Å²) in [5.41, 5.74) is 1.17. The summed E-state index contributed by atoms with van der Waals surface area (Å²) in [6.45, 7) is 4.50. The SMILES string of the molecule is CCCCCC1CCC(/C=C/C2CCC(c3ccc(C4C=CC(CCC)CC4)c(F)c3F)CC2)CC1. The summed E-state index contributed by atoms with van der Waals surface area (Å²) in [5, 5.41) is 0. The molecule has 0 radical (unpaired) electrons. The van der Waals surface area contributed by atoms with E-state index < -0.39 is 11.6 Å². The second kappa shape index (κ2) is 13.9. The van der Waals surface area contributed by atoms with Gasteiger partial charge in [0.15, 0.2) is 11.6 Å². The minimum absolute atomic E-state index is 0.0222. The van der Waals surface area contributed by atoms with Crippen LogP contribution in [0.5, 0.6) is 0 Å². The predicted molar refractivity (Wildman–Crippen MR) is 149 cm³/mol. The number of hydrogen-bond donors (Lipinski definition) is 0. The average molecular weight is 497 g/mol. The molecule has 0 nitrogen and oxygen atoms in total. The molecule has 0 amide bonds. The van der Waals surface area contributed by atoms with Crippen LogP contribution in [0.1, 0.15) is 140 Å². The van der Waals surface area contributed by atoms with Crippen molar-refractivity contribution in [2.45, 2.75) is 128 Å². The van der Waals surface area contributed by atoms with E-state index in [1.54, 1.807) is 0 Å². The molecule has 2 atom stereocenters. The van der Waals surface area contributed by atoms with E-state index in [1.807, 2.05) is 12.1 Å². The molecule has 2 saturated carbocycles. The van der Waals surface area contributed by atoms with E-state index in [4.69, 9.17) is 0 Å². The summed E-state index contributed by atoms with van der Waals surface area (Å²) >= 11 is 0. The third kappa shape index (κ3) is 7.32. The molecule has 0 aromatic heterocycles. The highest BCUT2D eigenvalue weighted by Gasteiger charge is 2.28. The van der Waals surface area contributed by atoms with Crippen molar-refractivity contribution in [3.8, 4) is 0 Å². The number of halogens is 2. The second-order valence-electron chi connectivity index (χ2n) is 12.3. The fourth-order valence-corrected chi connectivity index (χ4v) is 7.22. The number of rotatable bonds is 10. The van der Waals surface area contributed by atoms with Crippen LogP contribution < -0.4 is 0 Å². The third-order valence-electron chi connectivity index (χ3n) is 9.64. The standard InChI is InChI=1S/C34H50F2/c1-3-5-6-8-26-9-11-27(12-10-26)13-14-28-17-21-30(22-18-28)32-24-23-31(33(35)34(32)36)29-19-15-25(7-4-2)16-20-29/h13-15,19,23-30H,3-12,16-18,20-22H2,1-2H3/b14-13+. The first-order valence-electron chi connectivity index (χ1n) is 15.4. The average Bonchev–Trinajstić information content (AvgIpc) is 2.91. The summed E-state index contributed by atoms with van der Waals surface area (Å²) in [4.78, 5) is 0. The zero-order chi connectivity index (χ0) is 25.3. The van der Waals surface area contributed by atoms with Gasteiger partial charge in [-0.2, -0.15) is 0 Å². The molecular weight excluding hydrogens is 446 g/mol. The van der Waals surface area contributed by atoms with Gasteiger partial charge in [-0.3, -0.25) is 0 Å². The third-order valence-corrected chi connectivity index (χ3v) is 9.64. The first-order valence-corrected chi connectivity index (χ1v) is 15.4. The quantitative estimate of drug-likeness (QED) is 0.223. The topological polar surface area (TPSA) is 0 Å². The van der Waals surface area contributed by atoms with Gasteiger partial charge in [-0.05, 0) is 111 Å². The molecule has 0 aliphatic heterocycles. The molecule has 2 heteroatoms. The first kappa shape index (κ1) is 27.6. The fourth-order valence-electron chi connectivity index (χ4n) is 7.22. The maximum atomic E-state index is 15.2. The number of allylic oxidation sites excluding steroid dienone is 4. The van der Waals surface area contributed by atoms with Crippen molar-refractivity contribution in [1.82, 2.24) is 0 Å². The molecule has 4 rings (SSSR count). The van der Waals surface area contributed by atoms with Gasteiger partial charge in [-0.1, -0.05) is 82.4 Å². The Kier molecular flexibility index (Phi) is 10.7. The van der Waals surface area contributed by atoms with Crippen LogP contribution in [0.4, 0.5) is 8.78 Å². The van der Waals surface area contributed by atoms with E-state index in [-0.39, 0.29) is 11.8 Å². The Balaban J connectivity index is 1.25. The smallest absolute Gasteiger partial charge is 0.162 e. The Hall–Kier alpha value is -1.44. The van der Waals surface area contributed by atoms with Gasteiger partial charge in [0.05, 0.1) is 0 Å². The van der Waals surface area contributed by atoms with Gasteiger partial charge in [-0.15, -0.1) is 0 Å². The molecule has 2 fully saturated rings. The van der Waals surface area contributed by atoms with E-state index in [1.165, 1.54) is 64.2 Å². The maximum Gasteiger partial charge on any atom is 0.162 e. The van der Waals surface area contributed by atoms with Gasteiger partial charge in [0.25, 0.3) is 0 Å². The van der Waals surface area contributed by atoms with Crippen LogP contribution in [-0.2, 0) is 0 Å². The van der Waals surface area contributed by atoms with Crippen LogP contribution in [0.25, 0.3) is 0 Å². The van der Waals surface area contributed by atoms with Crippen LogP contribution in [0.3, 0.4) is 0 Å². The number of hydrogen-bond acceptors (Lipinski definition) is 0. The van der Waals surface area contributed by atoms with Crippen LogP contribution in [0.2, 0.25) is 0 Å². The van der Waals surface area contributed by atoms with Gasteiger partial charge >= 0.3 is 0 Å². The Bertz CT molecular complexity index is 852. The lowest BCUT2D eigenvalue weighted by atomic mass is 9.76. The Labute approximate surface area is 220 Å². The summed E-state index contributed by atoms with van der Waals surface area (Å²) in [5.74, 6) is 1.95. The normalized spacial score (nSPS) is 31.2. The van der Waals surface area contributed by atoms with Crippen molar-refractivity contribution in [2.75, 3.05) is 0 Å². The van der Waals surface area contributed by atoms with Crippen molar-refractivity contribution < 1.29 is 8.78 Å². The Morgan fingerprint density at radius 1 is 0.667 bits per heavy atom. The van der Waals surface area contributed by atoms with Gasteiger partial charge < -0.3 is 0 Å². The highest BCUT2D eigenvalue weighted by Crippen LogP contribution is 2.41. The monoisotopic (exact) mass is 496 g/mol. The molecule has 200 valence electrons. The molecule has 0 spiro atoms. The van der Waals surface area contributed by atoms with Gasteiger partial charge in [0.2, 0.25) is 0 Å². The lowest BCUT2D eigenvalue weighted by molar-refractivity contribution is 0.287. The molecule has 0 saturated heterocycles. The summed E-state index contributed by atoms with van der Waals surface area (Å²) < 4.78 is 30.3. The predicted octanol–water partition coefficient (Wildman–Crippen LogP) is 11.0. The molecular formula is C34H50F2. The van der Waals surface area contributed by atoms with Crippen molar-refractivity contribution in [2.24, 2.45) is 23.7 Å². The molecule has 3 aliphatic rings. The molecule has 0 N–H and O–H groups in total. The minimum Gasteiger partial charge on any atom is -0.203 e. The zero-order valence-corrected chi connectivity index (χ0v) is 23.0. The van der Waals surface area contributed by atoms with E-state index >= 15 is 8.78 Å². The van der Waals surface area contributed by atoms with Crippen molar-refractivity contribution in [3.05, 3.63) is 59.2 Å². The fraction of sp³-hybridized carbons (Fsp3) is 0.706. The van der Waals surface area contributed by atoms with Crippen molar-refractivity contribution in [1.29, 1.82) is 0 Å². The molecule has 1 aromatic rings. The van der Waals surface area contributed by atoms with Crippen molar-refractivity contribution in [3.63, 3.8) is 0 Å². The summed E-state index contributed by atoms with van der Waals surface area (Å²) in [6.07, 6.45) is 28.9. The number of benzene rings is 1. The molecule has 1 aromatic carbocycles. The minimum atomic E-state index is -0.594. The van der Waals surface area contributed by atoms with E-state index in [9.17, 15) is 0 Å². The molecule has 36 heavy (non-hydrogen) atoms. The van der Waals surface area contributed by atoms with Gasteiger partial charge in [0, 0.05) is 5.92 Å². The highest BCUT2D eigenvalue weighted by molar-refractivity contribution is 5.34. The lowest BCUT2D eigenvalue weighted by Gasteiger charge is -2.30. The molecule has 0 bridgehead atoms. The molecule has 3 aliphatic carbocycles. The zero-order valence-electron chi connectivity index (χ0n) is 23.0. The van der Waals surface area contributed by atoms with Crippen LogP contribution in [-0.4, -0.2) is 0 Å². The first-order chi connectivity index (χ1) is 17.6. The number of unbranched alkanes of at least 4 members (excludes halogenated alkanes) is 2. The van der Waals surface area contributed by atoms with E-state index in [0.717, 1.165) is 50.4 Å². The molecule has 2 unspecified atom stereocenters. The summed E-state index contributed by atoms with van der Waals surface area (Å²) in [7, 11) is 0. The Morgan fingerprint density at radius 2 is 1.31 bits per heavy atom. The molecule has 0 heterocycles. The van der Waals surface area contributed by atoms with E-state index in [0.29, 0.717) is 23.0 Å². The van der Waals surface area contributed by atoms with Crippen LogP contribution in [0.15, 0.2) is 36.4 Å². The lowest BCUT2D eigenvalue weighted by Crippen LogP contribution is -2.16. The largest absolute Gasteiger partial charge is 0.203 e. The van der Waals surface area contributed by atoms with Gasteiger partial charge in [-0.25, -0.2) is 8.78 Å². The van der Waals surface area contributed by atoms with Gasteiger partial charge in [0.1, 0.15) is 0 Å². The summed E-state index contributed by atoms with van der Waals surface area (Å²) in [6, 6.07) is 3.78. The van der Waals surface area contributed by atoms with Crippen LogP contribution >= 0.6 is 0 Å². The second-order valence-corrected chi connectivity index (χ2v) is 12.3. The Morgan fingerprint density at radius 3 is 1.92 bits per heavy atom. The highest BCUT2D eigenvalue weighted by atomic mass is 19.2. The maximum absolute atomic E-state index is 15.2. The van der Waals surface area contributed by atoms with Crippen molar-refractivity contribution >= 4 is 0 Å². The van der Waals surface area contributed by atoms with Crippen LogP contribution in [0, 0.1) is 35.3 Å².